The zero-order valence-electron chi connectivity index (χ0n) is 12.3. The lowest BCUT2D eigenvalue weighted by atomic mass is 10.1. The summed E-state index contributed by atoms with van der Waals surface area (Å²) in [5.41, 5.74) is 3.15. The number of carboxylic acid groups (broad SMARTS) is 1. The molecule has 0 unspecified atom stereocenters. The zero-order chi connectivity index (χ0) is 15.6. The third kappa shape index (κ3) is 3.62. The number of carboxylic acids is 1. The highest BCUT2D eigenvalue weighted by Gasteiger charge is 2.13. The maximum absolute atomic E-state index is 10.8. The number of aromatic carboxylic acids is 1. The Bertz CT molecular complexity index is 650. The molecule has 2 rings (SSSR count). The molecule has 0 saturated heterocycles. The fraction of sp³-hybridized carbons (Fsp3) is 0.333. The lowest BCUT2D eigenvalue weighted by molar-refractivity contribution is 0.0697. The lowest BCUT2D eigenvalue weighted by Crippen LogP contribution is -2.19. The minimum atomic E-state index is -0.910. The third-order valence-electron chi connectivity index (χ3n) is 3.33. The molecule has 2 aromatic rings. The molecule has 0 bridgehead atoms. The van der Waals surface area contributed by atoms with Crippen molar-refractivity contribution in [2.24, 2.45) is 7.05 Å². The van der Waals surface area contributed by atoms with Crippen molar-refractivity contribution in [1.82, 2.24) is 14.7 Å². The molecule has 21 heavy (non-hydrogen) atoms. The highest BCUT2D eigenvalue weighted by Crippen LogP contribution is 2.21. The van der Waals surface area contributed by atoms with Crippen molar-refractivity contribution < 1.29 is 9.90 Å². The number of benzene rings is 1. The van der Waals surface area contributed by atoms with Crippen molar-refractivity contribution in [3.8, 4) is 0 Å². The Morgan fingerprint density at radius 2 is 1.95 bits per heavy atom. The molecule has 0 spiro atoms. The van der Waals surface area contributed by atoms with Crippen LogP contribution < -0.4 is 0 Å². The molecule has 1 N–H and O–H groups in total. The average molecular weight is 308 g/mol. The van der Waals surface area contributed by atoms with E-state index in [2.05, 4.69) is 10.00 Å². The summed E-state index contributed by atoms with van der Waals surface area (Å²) < 4.78 is 1.79. The molecular formula is C15H18ClN3O2. The van der Waals surface area contributed by atoms with Gasteiger partial charge in [-0.3, -0.25) is 9.58 Å². The fourth-order valence-electron chi connectivity index (χ4n) is 2.23. The van der Waals surface area contributed by atoms with Crippen molar-refractivity contribution in [3.05, 3.63) is 51.8 Å². The zero-order valence-corrected chi connectivity index (χ0v) is 13.1. The topological polar surface area (TPSA) is 58.4 Å². The van der Waals surface area contributed by atoms with E-state index in [9.17, 15) is 4.79 Å². The number of aryl methyl sites for hydroxylation is 2. The first-order valence-electron chi connectivity index (χ1n) is 6.57. The Kier molecular flexibility index (Phi) is 4.65. The quantitative estimate of drug-likeness (QED) is 0.922. The van der Waals surface area contributed by atoms with E-state index < -0.39 is 5.97 Å². The molecule has 6 heteroatoms. The summed E-state index contributed by atoms with van der Waals surface area (Å²) in [7, 11) is 3.87. The highest BCUT2D eigenvalue weighted by atomic mass is 35.5. The van der Waals surface area contributed by atoms with Crippen molar-refractivity contribution >= 4 is 17.6 Å². The van der Waals surface area contributed by atoms with Gasteiger partial charge in [-0.05, 0) is 31.7 Å². The van der Waals surface area contributed by atoms with Crippen LogP contribution in [-0.2, 0) is 20.1 Å². The summed E-state index contributed by atoms with van der Waals surface area (Å²) in [6.07, 6.45) is 0. The van der Waals surface area contributed by atoms with Crippen LogP contribution in [-0.4, -0.2) is 32.8 Å². The number of nitrogens with zero attached hydrogens (tertiary/aromatic N) is 3. The van der Waals surface area contributed by atoms with Gasteiger partial charge in [-0.15, -0.1) is 0 Å². The molecule has 0 aliphatic carbocycles. The third-order valence-corrected chi connectivity index (χ3v) is 3.83. The first-order valence-corrected chi connectivity index (χ1v) is 6.95. The monoisotopic (exact) mass is 307 g/mol. The van der Waals surface area contributed by atoms with Crippen molar-refractivity contribution in [1.29, 1.82) is 0 Å². The van der Waals surface area contributed by atoms with E-state index in [0.29, 0.717) is 23.7 Å². The Hall–Kier alpha value is -1.85. The number of carbonyl (C=O) groups is 1. The second kappa shape index (κ2) is 6.28. The van der Waals surface area contributed by atoms with Crippen LogP contribution in [0.25, 0.3) is 0 Å². The van der Waals surface area contributed by atoms with Crippen LogP contribution in [0.2, 0.25) is 5.02 Å². The molecule has 0 aliphatic heterocycles. The summed E-state index contributed by atoms with van der Waals surface area (Å²) in [4.78, 5) is 12.9. The van der Waals surface area contributed by atoms with Gasteiger partial charge >= 0.3 is 5.97 Å². The lowest BCUT2D eigenvalue weighted by Gasteiger charge is -2.17. The van der Waals surface area contributed by atoms with E-state index in [-0.39, 0.29) is 0 Å². The summed E-state index contributed by atoms with van der Waals surface area (Å²) in [5.74, 6) is -0.910. The summed E-state index contributed by atoms with van der Waals surface area (Å²) in [6, 6.07) is 6.89. The van der Waals surface area contributed by atoms with E-state index >= 15 is 0 Å². The molecule has 0 amide bonds. The van der Waals surface area contributed by atoms with E-state index in [1.54, 1.807) is 16.8 Å². The summed E-state index contributed by atoms with van der Waals surface area (Å²) >= 11 is 6.24. The van der Waals surface area contributed by atoms with Crippen LogP contribution in [0.5, 0.6) is 0 Å². The van der Waals surface area contributed by atoms with Crippen LogP contribution in [0.4, 0.5) is 0 Å². The standard InChI is InChI=1S/C15H18ClN3O2/c1-10-14(16)13(19(3)17-10)9-18(2)8-11-4-6-12(7-5-11)15(20)21/h4-7H,8-9H2,1-3H3,(H,20,21). The maximum atomic E-state index is 10.8. The van der Waals surface area contributed by atoms with Gasteiger partial charge in [0.05, 0.1) is 22.0 Å². The molecule has 0 atom stereocenters. The average Bonchev–Trinajstić information content (AvgIpc) is 2.66. The van der Waals surface area contributed by atoms with Gasteiger partial charge in [0.1, 0.15) is 0 Å². The Balaban J connectivity index is 2.04. The van der Waals surface area contributed by atoms with Crippen LogP contribution in [0.15, 0.2) is 24.3 Å². The van der Waals surface area contributed by atoms with Crippen molar-refractivity contribution in [3.63, 3.8) is 0 Å². The highest BCUT2D eigenvalue weighted by molar-refractivity contribution is 6.31. The summed E-state index contributed by atoms with van der Waals surface area (Å²) in [5, 5.41) is 13.9. The second-order valence-electron chi connectivity index (χ2n) is 5.14. The Morgan fingerprint density at radius 3 is 2.43 bits per heavy atom. The van der Waals surface area contributed by atoms with E-state index in [1.807, 2.05) is 33.2 Å². The largest absolute Gasteiger partial charge is 0.478 e. The number of hydrogen-bond acceptors (Lipinski definition) is 3. The maximum Gasteiger partial charge on any atom is 0.335 e. The van der Waals surface area contributed by atoms with Crippen LogP contribution in [0.3, 0.4) is 0 Å². The van der Waals surface area contributed by atoms with Crippen LogP contribution >= 0.6 is 11.6 Å². The first kappa shape index (κ1) is 15.5. The first-order chi connectivity index (χ1) is 9.88. The van der Waals surface area contributed by atoms with Crippen LogP contribution in [0, 0.1) is 6.92 Å². The molecule has 0 saturated carbocycles. The smallest absolute Gasteiger partial charge is 0.335 e. The Morgan fingerprint density at radius 1 is 1.33 bits per heavy atom. The molecule has 5 nitrogen and oxygen atoms in total. The molecule has 1 aromatic carbocycles. The van der Waals surface area contributed by atoms with Gasteiger partial charge in [-0.1, -0.05) is 23.7 Å². The van der Waals surface area contributed by atoms with Gasteiger partial charge in [0.15, 0.2) is 0 Å². The molecule has 112 valence electrons. The normalized spacial score (nSPS) is 11.1. The van der Waals surface area contributed by atoms with Crippen molar-refractivity contribution in [2.75, 3.05) is 7.05 Å². The molecule has 0 aliphatic rings. The second-order valence-corrected chi connectivity index (χ2v) is 5.52. The minimum Gasteiger partial charge on any atom is -0.478 e. The van der Waals surface area contributed by atoms with Gasteiger partial charge < -0.3 is 5.11 Å². The predicted octanol–water partition coefficient (Wildman–Crippen LogP) is 2.71. The molecular weight excluding hydrogens is 290 g/mol. The van der Waals surface area contributed by atoms with E-state index in [4.69, 9.17) is 16.7 Å². The number of rotatable bonds is 5. The van der Waals surface area contributed by atoms with Crippen LogP contribution in [0.1, 0.15) is 27.3 Å². The number of aromatic nitrogens is 2. The van der Waals surface area contributed by atoms with Crippen molar-refractivity contribution in [2.45, 2.75) is 20.0 Å². The SMILES string of the molecule is Cc1nn(C)c(CN(C)Cc2ccc(C(=O)O)cc2)c1Cl. The van der Waals surface area contributed by atoms with Gasteiger partial charge in [-0.25, -0.2) is 4.79 Å². The molecule has 1 heterocycles. The van der Waals surface area contributed by atoms with Gasteiger partial charge in [0.25, 0.3) is 0 Å². The van der Waals surface area contributed by atoms with E-state index in [0.717, 1.165) is 17.0 Å². The minimum absolute atomic E-state index is 0.298. The molecule has 1 aromatic heterocycles. The van der Waals surface area contributed by atoms with Gasteiger partial charge in [-0.2, -0.15) is 5.10 Å². The summed E-state index contributed by atoms with van der Waals surface area (Å²) in [6.45, 7) is 3.27. The fourth-order valence-corrected chi connectivity index (χ4v) is 2.45. The van der Waals surface area contributed by atoms with Gasteiger partial charge in [0, 0.05) is 20.1 Å². The number of hydrogen-bond donors (Lipinski definition) is 1. The Labute approximate surface area is 128 Å². The van der Waals surface area contributed by atoms with E-state index in [1.165, 1.54) is 0 Å². The molecule has 0 radical (unpaired) electrons. The number of halogens is 1. The molecule has 0 fully saturated rings. The van der Waals surface area contributed by atoms with Gasteiger partial charge in [0.2, 0.25) is 0 Å². The predicted molar refractivity (Wildman–Crippen MR) is 81.5 cm³/mol.